The van der Waals surface area contributed by atoms with Gasteiger partial charge in [-0.15, -0.1) is 0 Å². The number of fused-ring (bicyclic) bond motifs is 1. The summed E-state index contributed by atoms with van der Waals surface area (Å²) in [6.07, 6.45) is 0. The van der Waals surface area contributed by atoms with Crippen LogP contribution in [0.4, 0.5) is 10.5 Å². The molecule has 0 saturated carbocycles. The predicted molar refractivity (Wildman–Crippen MR) is 78.2 cm³/mol. The summed E-state index contributed by atoms with van der Waals surface area (Å²) in [6.45, 7) is 2.39. The largest absolute Gasteiger partial charge is 0.478 e. The van der Waals surface area contributed by atoms with E-state index in [4.69, 9.17) is 0 Å². The number of carboxylic acid groups (broad SMARTS) is 1. The molecule has 5 nitrogen and oxygen atoms in total. The van der Waals surface area contributed by atoms with E-state index < -0.39 is 5.97 Å². The van der Waals surface area contributed by atoms with Gasteiger partial charge in [-0.05, 0) is 29.8 Å². The molecule has 2 amide bonds. The quantitative estimate of drug-likeness (QED) is 0.902. The summed E-state index contributed by atoms with van der Waals surface area (Å²) < 4.78 is 0. The molecule has 0 bridgehead atoms. The smallest absolute Gasteiger partial charge is 0.337 e. The predicted octanol–water partition coefficient (Wildman–Crippen LogP) is 3.02. The first-order chi connectivity index (χ1) is 9.52. The summed E-state index contributed by atoms with van der Waals surface area (Å²) in [5.74, 6) is -1.06. The number of carboxylic acids is 1. The van der Waals surface area contributed by atoms with Crippen LogP contribution in [0.3, 0.4) is 0 Å². The molecule has 20 heavy (non-hydrogen) atoms. The van der Waals surface area contributed by atoms with Gasteiger partial charge in [0, 0.05) is 13.6 Å². The van der Waals surface area contributed by atoms with Gasteiger partial charge >= 0.3 is 12.0 Å². The van der Waals surface area contributed by atoms with Crippen LogP contribution in [0.25, 0.3) is 10.8 Å². The van der Waals surface area contributed by atoms with Crippen LogP contribution in [0, 0.1) is 0 Å². The lowest BCUT2D eigenvalue weighted by atomic mass is 10.0. The Kier molecular flexibility index (Phi) is 3.89. The molecule has 2 rings (SSSR count). The van der Waals surface area contributed by atoms with Crippen molar-refractivity contribution in [3.63, 3.8) is 0 Å². The Bertz CT molecular complexity index is 667. The molecule has 0 fully saturated rings. The minimum Gasteiger partial charge on any atom is -0.478 e. The zero-order chi connectivity index (χ0) is 14.7. The van der Waals surface area contributed by atoms with Gasteiger partial charge in [-0.1, -0.05) is 24.3 Å². The first-order valence-corrected chi connectivity index (χ1v) is 6.31. The average molecular weight is 272 g/mol. The molecular weight excluding hydrogens is 256 g/mol. The second-order valence-electron chi connectivity index (χ2n) is 4.49. The zero-order valence-electron chi connectivity index (χ0n) is 11.4. The minimum absolute atomic E-state index is 0.0848. The molecule has 2 aromatic carbocycles. The number of nitrogens with zero attached hydrogens (tertiary/aromatic N) is 1. The Morgan fingerprint density at radius 2 is 1.80 bits per heavy atom. The summed E-state index contributed by atoms with van der Waals surface area (Å²) in [4.78, 5) is 24.7. The van der Waals surface area contributed by atoms with Gasteiger partial charge in [-0.3, -0.25) is 0 Å². The maximum absolute atomic E-state index is 11.9. The van der Waals surface area contributed by atoms with E-state index in [0.29, 0.717) is 12.2 Å². The number of anilines is 1. The zero-order valence-corrected chi connectivity index (χ0v) is 11.4. The number of hydrogen-bond donors (Lipinski definition) is 2. The third kappa shape index (κ3) is 2.71. The lowest BCUT2D eigenvalue weighted by Crippen LogP contribution is -2.31. The molecule has 0 aliphatic heterocycles. The van der Waals surface area contributed by atoms with E-state index in [2.05, 4.69) is 5.32 Å². The fraction of sp³-hybridized carbons (Fsp3) is 0.200. The second kappa shape index (κ2) is 5.61. The summed E-state index contributed by atoms with van der Waals surface area (Å²) >= 11 is 0. The maximum Gasteiger partial charge on any atom is 0.337 e. The highest BCUT2D eigenvalue weighted by Crippen LogP contribution is 2.24. The number of hydrogen-bond acceptors (Lipinski definition) is 2. The van der Waals surface area contributed by atoms with Gasteiger partial charge in [0.2, 0.25) is 0 Å². The average Bonchev–Trinajstić information content (AvgIpc) is 2.45. The molecule has 2 N–H and O–H groups in total. The number of amides is 2. The maximum atomic E-state index is 11.9. The van der Waals surface area contributed by atoms with E-state index in [1.165, 1.54) is 4.90 Å². The van der Waals surface area contributed by atoms with E-state index in [1.807, 2.05) is 31.2 Å². The number of urea groups is 1. The van der Waals surface area contributed by atoms with E-state index in [0.717, 1.165) is 10.8 Å². The first-order valence-electron chi connectivity index (χ1n) is 6.31. The van der Waals surface area contributed by atoms with Crippen LogP contribution in [0.5, 0.6) is 0 Å². The normalized spacial score (nSPS) is 10.3. The van der Waals surface area contributed by atoms with Crippen molar-refractivity contribution >= 4 is 28.5 Å². The van der Waals surface area contributed by atoms with Crippen molar-refractivity contribution in [2.24, 2.45) is 0 Å². The van der Waals surface area contributed by atoms with E-state index >= 15 is 0 Å². The van der Waals surface area contributed by atoms with Gasteiger partial charge in [-0.2, -0.15) is 0 Å². The van der Waals surface area contributed by atoms with Gasteiger partial charge in [0.25, 0.3) is 0 Å². The van der Waals surface area contributed by atoms with Gasteiger partial charge in [0.05, 0.1) is 11.3 Å². The lowest BCUT2D eigenvalue weighted by Gasteiger charge is -2.17. The van der Waals surface area contributed by atoms with Gasteiger partial charge in [0.15, 0.2) is 0 Å². The third-order valence-corrected chi connectivity index (χ3v) is 3.18. The molecule has 0 aliphatic carbocycles. The fourth-order valence-electron chi connectivity index (χ4n) is 1.87. The summed E-state index contributed by atoms with van der Waals surface area (Å²) in [6, 6.07) is 10.3. The highest BCUT2D eigenvalue weighted by atomic mass is 16.4. The molecule has 104 valence electrons. The van der Waals surface area contributed by atoms with Crippen molar-refractivity contribution < 1.29 is 14.7 Å². The molecule has 0 saturated heterocycles. The van der Waals surface area contributed by atoms with Crippen LogP contribution in [0.1, 0.15) is 17.3 Å². The second-order valence-corrected chi connectivity index (χ2v) is 4.49. The summed E-state index contributed by atoms with van der Waals surface area (Å²) in [5.41, 5.74) is 0.392. The third-order valence-electron chi connectivity index (χ3n) is 3.18. The molecule has 0 radical (unpaired) electrons. The Balaban J connectivity index is 2.47. The topological polar surface area (TPSA) is 69.6 Å². The van der Waals surface area contributed by atoms with E-state index in [9.17, 15) is 14.7 Å². The van der Waals surface area contributed by atoms with Crippen LogP contribution in [0.2, 0.25) is 0 Å². The highest BCUT2D eigenvalue weighted by molar-refractivity contribution is 6.04. The van der Waals surface area contributed by atoms with Crippen molar-refractivity contribution in [2.45, 2.75) is 6.92 Å². The molecule has 2 aromatic rings. The minimum atomic E-state index is -1.06. The molecule has 0 unspecified atom stereocenters. The van der Waals surface area contributed by atoms with Crippen LogP contribution in [-0.4, -0.2) is 35.6 Å². The van der Waals surface area contributed by atoms with Crippen LogP contribution in [-0.2, 0) is 0 Å². The Morgan fingerprint density at radius 1 is 1.20 bits per heavy atom. The Hall–Kier alpha value is -2.56. The Labute approximate surface area is 116 Å². The lowest BCUT2D eigenvalue weighted by molar-refractivity contribution is 0.0698. The number of nitrogens with one attached hydrogen (secondary N) is 1. The van der Waals surface area contributed by atoms with Crippen molar-refractivity contribution in [3.05, 3.63) is 42.0 Å². The number of carbonyl (C=O) groups is 2. The molecule has 0 spiro atoms. The van der Waals surface area contributed by atoms with E-state index in [1.54, 1.807) is 19.2 Å². The van der Waals surface area contributed by atoms with Crippen molar-refractivity contribution in [1.82, 2.24) is 4.90 Å². The molecule has 0 atom stereocenters. The molecule has 0 aromatic heterocycles. The standard InChI is InChI=1S/C15H16N2O3/c1-3-17(2)15(20)16-13-9-11-7-5-4-6-10(11)8-12(13)14(18)19/h4-9H,3H2,1-2H3,(H,16,20)(H,18,19). The van der Waals surface area contributed by atoms with Crippen molar-refractivity contribution in [1.29, 1.82) is 0 Å². The molecule has 5 heteroatoms. The van der Waals surface area contributed by atoms with Gasteiger partial charge in [-0.25, -0.2) is 9.59 Å². The summed E-state index contributed by atoms with van der Waals surface area (Å²) in [7, 11) is 1.65. The number of benzene rings is 2. The van der Waals surface area contributed by atoms with Gasteiger partial charge < -0.3 is 15.3 Å². The molecule has 0 heterocycles. The SMILES string of the molecule is CCN(C)C(=O)Nc1cc2ccccc2cc1C(=O)O. The van der Waals surface area contributed by atoms with Crippen molar-refractivity contribution in [2.75, 3.05) is 18.9 Å². The van der Waals surface area contributed by atoms with Crippen molar-refractivity contribution in [3.8, 4) is 0 Å². The van der Waals surface area contributed by atoms with Crippen LogP contribution in [0.15, 0.2) is 36.4 Å². The van der Waals surface area contributed by atoms with Crippen LogP contribution >= 0.6 is 0 Å². The number of carbonyl (C=O) groups excluding carboxylic acids is 1. The Morgan fingerprint density at radius 3 is 2.35 bits per heavy atom. The molecule has 0 aliphatic rings. The number of aromatic carboxylic acids is 1. The first kappa shape index (κ1) is 13.9. The van der Waals surface area contributed by atoms with Crippen LogP contribution < -0.4 is 5.32 Å². The highest BCUT2D eigenvalue weighted by Gasteiger charge is 2.15. The summed E-state index contributed by atoms with van der Waals surface area (Å²) in [5, 5.41) is 13.6. The monoisotopic (exact) mass is 272 g/mol. The fourth-order valence-corrected chi connectivity index (χ4v) is 1.87. The number of rotatable bonds is 3. The van der Waals surface area contributed by atoms with Gasteiger partial charge in [0.1, 0.15) is 0 Å². The van der Waals surface area contributed by atoms with E-state index in [-0.39, 0.29) is 11.6 Å². The molecular formula is C15H16N2O3.